The highest BCUT2D eigenvalue weighted by Crippen LogP contribution is 2.22. The Kier molecular flexibility index (Phi) is 10.2. The lowest BCUT2D eigenvalue weighted by atomic mass is 10.1. The third-order valence-corrected chi connectivity index (χ3v) is 4.88. The average Bonchev–Trinajstić information content (AvgIpc) is 3.27. The van der Waals surface area contributed by atoms with Gasteiger partial charge in [0.2, 0.25) is 0 Å². The van der Waals surface area contributed by atoms with Crippen molar-refractivity contribution in [1.29, 1.82) is 0 Å². The lowest BCUT2D eigenvalue weighted by molar-refractivity contribution is -0.0504. The van der Waals surface area contributed by atoms with Crippen molar-refractivity contribution in [3.8, 4) is 5.75 Å². The molecule has 2 heterocycles. The van der Waals surface area contributed by atoms with Gasteiger partial charge in [0.05, 0.1) is 6.54 Å². The largest absolute Gasteiger partial charge is 0.434 e. The van der Waals surface area contributed by atoms with Crippen LogP contribution in [0.1, 0.15) is 36.5 Å². The summed E-state index contributed by atoms with van der Waals surface area (Å²) < 4.78 is 30.0. The van der Waals surface area contributed by atoms with Crippen LogP contribution in [-0.2, 0) is 13.1 Å². The molecule has 0 aliphatic carbocycles. The number of hydrogen-bond donors (Lipinski definition) is 2. The van der Waals surface area contributed by atoms with E-state index in [4.69, 9.17) is 0 Å². The van der Waals surface area contributed by atoms with Crippen LogP contribution in [0, 0.1) is 6.92 Å². The van der Waals surface area contributed by atoms with Crippen molar-refractivity contribution < 1.29 is 13.5 Å². The molecule has 0 unspecified atom stereocenters. The Labute approximate surface area is 199 Å². The molecule has 0 spiro atoms. The number of pyridine rings is 1. The minimum Gasteiger partial charge on any atom is -0.434 e. The zero-order valence-electron chi connectivity index (χ0n) is 17.9. The van der Waals surface area contributed by atoms with Crippen molar-refractivity contribution in [2.45, 2.75) is 46.4 Å². The average molecular weight is 545 g/mol. The molecule has 1 saturated heterocycles. The van der Waals surface area contributed by atoms with Gasteiger partial charge in [-0.05, 0) is 44.4 Å². The fourth-order valence-corrected chi connectivity index (χ4v) is 3.39. The molecule has 170 valence electrons. The summed E-state index contributed by atoms with van der Waals surface area (Å²) in [6.45, 7) is 4.63. The van der Waals surface area contributed by atoms with Crippen molar-refractivity contribution in [2.75, 3.05) is 24.5 Å². The lowest BCUT2D eigenvalue weighted by Crippen LogP contribution is -2.37. The van der Waals surface area contributed by atoms with E-state index in [1.165, 1.54) is 12.8 Å². The van der Waals surface area contributed by atoms with Crippen LogP contribution < -0.4 is 20.3 Å². The van der Waals surface area contributed by atoms with Gasteiger partial charge in [0.25, 0.3) is 0 Å². The maximum Gasteiger partial charge on any atom is 0.387 e. The second kappa shape index (κ2) is 12.6. The zero-order valence-corrected chi connectivity index (χ0v) is 20.2. The van der Waals surface area contributed by atoms with Gasteiger partial charge in [0.15, 0.2) is 5.96 Å². The Balaban J connectivity index is 0.00000341. The van der Waals surface area contributed by atoms with Crippen LogP contribution in [0.25, 0.3) is 0 Å². The highest BCUT2D eigenvalue weighted by Gasteiger charge is 2.13. The molecule has 6 nitrogen and oxygen atoms in total. The van der Waals surface area contributed by atoms with Gasteiger partial charge < -0.3 is 20.3 Å². The summed E-state index contributed by atoms with van der Waals surface area (Å²) in [7, 11) is 0. The van der Waals surface area contributed by atoms with Crippen LogP contribution in [0.2, 0.25) is 0 Å². The van der Waals surface area contributed by atoms with Crippen LogP contribution in [-0.4, -0.2) is 37.2 Å². The van der Waals surface area contributed by atoms with Gasteiger partial charge in [-0.1, -0.05) is 23.8 Å². The number of aliphatic imine (C=N–C) groups is 1. The Bertz CT molecular complexity index is 842. The van der Waals surface area contributed by atoms with Gasteiger partial charge in [-0.25, -0.2) is 9.98 Å². The number of nitrogens with one attached hydrogen (secondary N) is 2. The molecule has 1 aliphatic heterocycles. The van der Waals surface area contributed by atoms with Crippen molar-refractivity contribution in [2.24, 2.45) is 4.99 Å². The van der Waals surface area contributed by atoms with E-state index < -0.39 is 6.61 Å². The minimum atomic E-state index is -2.86. The zero-order chi connectivity index (χ0) is 21.3. The second-order valence-electron chi connectivity index (χ2n) is 7.26. The predicted molar refractivity (Wildman–Crippen MR) is 131 cm³/mol. The van der Waals surface area contributed by atoms with Gasteiger partial charge in [-0.2, -0.15) is 8.78 Å². The van der Waals surface area contributed by atoms with Crippen LogP contribution >= 0.6 is 24.0 Å². The van der Waals surface area contributed by atoms with Gasteiger partial charge in [0, 0.05) is 37.9 Å². The third kappa shape index (κ3) is 7.79. The van der Waals surface area contributed by atoms with E-state index in [1.807, 2.05) is 38.2 Å². The van der Waals surface area contributed by atoms with Crippen molar-refractivity contribution in [3.63, 3.8) is 0 Å². The summed E-state index contributed by atoms with van der Waals surface area (Å²) in [6.07, 6.45) is 4.29. The molecular formula is C22H30F2IN5O. The van der Waals surface area contributed by atoms with E-state index in [0.29, 0.717) is 31.2 Å². The summed E-state index contributed by atoms with van der Waals surface area (Å²) >= 11 is 0. The molecule has 0 saturated carbocycles. The maximum atomic E-state index is 12.7. The van der Waals surface area contributed by atoms with Gasteiger partial charge in [-0.15, -0.1) is 24.0 Å². The molecule has 31 heavy (non-hydrogen) atoms. The summed E-state index contributed by atoms with van der Waals surface area (Å²) in [4.78, 5) is 11.4. The number of aryl methyl sites for hydroxylation is 1. The third-order valence-electron chi connectivity index (χ3n) is 4.88. The number of nitrogens with zero attached hydrogens (tertiary/aromatic N) is 3. The molecule has 2 N–H and O–H groups in total. The number of alkyl halides is 2. The first-order valence-corrected chi connectivity index (χ1v) is 10.3. The molecule has 1 aliphatic rings. The van der Waals surface area contributed by atoms with E-state index in [-0.39, 0.29) is 29.7 Å². The minimum absolute atomic E-state index is 0. The SMILES string of the molecule is CCNC(=NCc1ccc(N2CCCC2)nc1)NCc1cc(C)ccc1OC(F)F.I. The van der Waals surface area contributed by atoms with Crippen molar-refractivity contribution >= 4 is 35.8 Å². The van der Waals surface area contributed by atoms with Crippen LogP contribution in [0.4, 0.5) is 14.6 Å². The Hall–Kier alpha value is -2.17. The molecule has 9 heteroatoms. The standard InChI is InChI=1S/C22H29F2N5O.HI/c1-3-25-22(28-15-18-12-16(2)6-8-19(18)30-21(23)24)27-14-17-7-9-20(26-13-17)29-10-4-5-11-29;/h6-9,12-13,21H,3-5,10-11,14-15H2,1-2H3,(H2,25,27,28);1H. The Morgan fingerprint density at radius 3 is 2.61 bits per heavy atom. The lowest BCUT2D eigenvalue weighted by Gasteiger charge is -2.16. The number of hydrogen-bond acceptors (Lipinski definition) is 4. The quantitative estimate of drug-likeness (QED) is 0.292. The molecule has 1 aromatic heterocycles. The van der Waals surface area contributed by atoms with E-state index in [0.717, 1.165) is 30.0 Å². The first-order chi connectivity index (χ1) is 14.5. The molecule has 0 amide bonds. The van der Waals surface area contributed by atoms with E-state index in [9.17, 15) is 8.78 Å². The van der Waals surface area contributed by atoms with Crippen molar-refractivity contribution in [1.82, 2.24) is 15.6 Å². The number of benzene rings is 1. The summed E-state index contributed by atoms with van der Waals surface area (Å²) in [5.41, 5.74) is 2.63. The summed E-state index contributed by atoms with van der Waals surface area (Å²) in [5.74, 6) is 1.78. The molecule has 0 atom stereocenters. The number of guanidine groups is 1. The van der Waals surface area contributed by atoms with Crippen LogP contribution in [0.15, 0.2) is 41.5 Å². The van der Waals surface area contributed by atoms with Gasteiger partial charge >= 0.3 is 6.61 Å². The van der Waals surface area contributed by atoms with Gasteiger partial charge in [0.1, 0.15) is 11.6 Å². The van der Waals surface area contributed by atoms with Gasteiger partial charge in [-0.3, -0.25) is 0 Å². The summed E-state index contributed by atoms with van der Waals surface area (Å²) in [6, 6.07) is 9.23. The molecule has 1 aromatic carbocycles. The first-order valence-electron chi connectivity index (χ1n) is 10.3. The monoisotopic (exact) mass is 545 g/mol. The summed E-state index contributed by atoms with van der Waals surface area (Å²) in [5, 5.41) is 6.36. The first kappa shape index (κ1) is 25.1. The smallest absolute Gasteiger partial charge is 0.387 e. The number of anilines is 1. The number of aromatic nitrogens is 1. The molecule has 0 radical (unpaired) electrons. The fourth-order valence-electron chi connectivity index (χ4n) is 3.39. The molecule has 3 rings (SSSR count). The predicted octanol–water partition coefficient (Wildman–Crippen LogP) is 4.46. The van der Waals surface area contributed by atoms with E-state index in [1.54, 1.807) is 12.1 Å². The number of halogens is 3. The molecule has 0 bridgehead atoms. The van der Waals surface area contributed by atoms with E-state index in [2.05, 4.69) is 30.2 Å². The molecular weight excluding hydrogens is 515 g/mol. The van der Waals surface area contributed by atoms with Crippen LogP contribution in [0.5, 0.6) is 5.75 Å². The molecule has 2 aromatic rings. The maximum absolute atomic E-state index is 12.7. The normalized spacial score (nSPS) is 13.8. The highest BCUT2D eigenvalue weighted by atomic mass is 127. The number of rotatable bonds is 8. The Morgan fingerprint density at radius 2 is 1.97 bits per heavy atom. The Morgan fingerprint density at radius 1 is 1.19 bits per heavy atom. The fraction of sp³-hybridized carbons (Fsp3) is 0.455. The van der Waals surface area contributed by atoms with Crippen molar-refractivity contribution in [3.05, 3.63) is 53.2 Å². The highest BCUT2D eigenvalue weighted by molar-refractivity contribution is 14.0. The van der Waals surface area contributed by atoms with Crippen LogP contribution in [0.3, 0.4) is 0 Å². The van der Waals surface area contributed by atoms with E-state index >= 15 is 0 Å². The molecule has 1 fully saturated rings. The topological polar surface area (TPSA) is 61.8 Å². The second-order valence-corrected chi connectivity index (χ2v) is 7.26. The number of ether oxygens (including phenoxy) is 1.